The van der Waals surface area contributed by atoms with E-state index in [2.05, 4.69) is 4.90 Å². The lowest BCUT2D eigenvalue weighted by atomic mass is 9.75. The Morgan fingerprint density at radius 1 is 1.24 bits per heavy atom. The first kappa shape index (κ1) is 14.3. The Bertz CT molecular complexity index is 532. The SMILES string of the molecule is O=[N+]([O-])c1cc(CO)ccc1N1CCC2CCCCC2C1. The third kappa shape index (κ3) is 2.88. The molecule has 1 saturated heterocycles. The summed E-state index contributed by atoms with van der Waals surface area (Å²) in [6.45, 7) is 1.68. The van der Waals surface area contributed by atoms with Crippen molar-refractivity contribution < 1.29 is 10.0 Å². The zero-order valence-electron chi connectivity index (χ0n) is 12.2. The van der Waals surface area contributed by atoms with Crippen LogP contribution in [-0.2, 0) is 6.61 Å². The summed E-state index contributed by atoms with van der Waals surface area (Å²) in [5.41, 5.74) is 1.43. The van der Waals surface area contributed by atoms with Crippen molar-refractivity contribution in [2.45, 2.75) is 38.7 Å². The van der Waals surface area contributed by atoms with Crippen LogP contribution >= 0.6 is 0 Å². The maximum absolute atomic E-state index is 11.3. The fraction of sp³-hybridized carbons (Fsp3) is 0.625. The molecule has 1 aromatic carbocycles. The van der Waals surface area contributed by atoms with E-state index in [1.165, 1.54) is 31.7 Å². The van der Waals surface area contributed by atoms with Crippen molar-refractivity contribution in [2.75, 3.05) is 18.0 Å². The number of fused-ring (bicyclic) bond motifs is 1. The van der Waals surface area contributed by atoms with E-state index in [1.807, 2.05) is 0 Å². The summed E-state index contributed by atoms with van der Waals surface area (Å²) in [5, 5.41) is 20.5. The smallest absolute Gasteiger partial charge is 0.292 e. The zero-order valence-corrected chi connectivity index (χ0v) is 12.2. The van der Waals surface area contributed by atoms with Gasteiger partial charge in [-0.15, -0.1) is 0 Å². The Morgan fingerprint density at radius 2 is 2.00 bits per heavy atom. The average Bonchev–Trinajstić information content (AvgIpc) is 2.53. The van der Waals surface area contributed by atoms with E-state index in [9.17, 15) is 10.1 Å². The number of piperidine rings is 1. The summed E-state index contributed by atoms with van der Waals surface area (Å²) >= 11 is 0. The van der Waals surface area contributed by atoms with Crippen molar-refractivity contribution in [1.29, 1.82) is 0 Å². The molecule has 5 nitrogen and oxygen atoms in total. The van der Waals surface area contributed by atoms with Crippen molar-refractivity contribution in [3.05, 3.63) is 33.9 Å². The van der Waals surface area contributed by atoms with Crippen molar-refractivity contribution in [3.8, 4) is 0 Å². The van der Waals surface area contributed by atoms with E-state index in [4.69, 9.17) is 5.11 Å². The number of anilines is 1. The van der Waals surface area contributed by atoms with Gasteiger partial charge in [-0.05, 0) is 36.3 Å². The number of hydrogen-bond acceptors (Lipinski definition) is 4. The average molecular weight is 290 g/mol. The normalized spacial score (nSPS) is 25.5. The van der Waals surface area contributed by atoms with Crippen LogP contribution in [0.25, 0.3) is 0 Å². The van der Waals surface area contributed by atoms with Gasteiger partial charge in [-0.2, -0.15) is 0 Å². The molecular formula is C16H22N2O3. The third-order valence-corrected chi connectivity index (χ3v) is 5.05. The van der Waals surface area contributed by atoms with Gasteiger partial charge in [-0.1, -0.05) is 25.3 Å². The van der Waals surface area contributed by atoms with E-state index < -0.39 is 0 Å². The van der Waals surface area contributed by atoms with E-state index >= 15 is 0 Å². The Labute approximate surface area is 124 Å². The highest BCUT2D eigenvalue weighted by atomic mass is 16.6. The highest BCUT2D eigenvalue weighted by Gasteiger charge is 2.33. The Kier molecular flexibility index (Phi) is 4.10. The van der Waals surface area contributed by atoms with Crippen LogP contribution in [0.3, 0.4) is 0 Å². The second kappa shape index (κ2) is 6.02. The molecule has 2 aliphatic rings. The van der Waals surface area contributed by atoms with Gasteiger partial charge < -0.3 is 10.0 Å². The standard InChI is InChI=1S/C16H22N2O3/c19-11-12-5-6-15(16(9-12)18(20)21)17-8-7-13-3-1-2-4-14(13)10-17/h5-6,9,13-14,19H,1-4,7-8,10-11H2. The fourth-order valence-corrected chi connectivity index (χ4v) is 3.90. The number of rotatable bonds is 3. The molecule has 1 N–H and O–H groups in total. The summed E-state index contributed by atoms with van der Waals surface area (Å²) < 4.78 is 0. The molecule has 1 heterocycles. The molecule has 2 fully saturated rings. The minimum Gasteiger partial charge on any atom is -0.392 e. The summed E-state index contributed by atoms with van der Waals surface area (Å²) in [6.07, 6.45) is 6.35. The number of benzene rings is 1. The van der Waals surface area contributed by atoms with E-state index in [0.717, 1.165) is 25.4 Å². The summed E-state index contributed by atoms with van der Waals surface area (Å²) in [4.78, 5) is 13.2. The Morgan fingerprint density at radius 3 is 2.71 bits per heavy atom. The summed E-state index contributed by atoms with van der Waals surface area (Å²) in [5.74, 6) is 1.50. The lowest BCUT2D eigenvalue weighted by Crippen LogP contribution is -2.42. The molecule has 2 unspecified atom stereocenters. The number of aliphatic hydroxyl groups excluding tert-OH is 1. The molecule has 5 heteroatoms. The second-order valence-corrected chi connectivity index (χ2v) is 6.28. The maximum Gasteiger partial charge on any atom is 0.292 e. The van der Waals surface area contributed by atoms with Gasteiger partial charge >= 0.3 is 0 Å². The number of hydrogen-bond donors (Lipinski definition) is 1. The molecule has 114 valence electrons. The topological polar surface area (TPSA) is 66.6 Å². The molecule has 1 aliphatic heterocycles. The van der Waals surface area contributed by atoms with Gasteiger partial charge in [-0.25, -0.2) is 0 Å². The van der Waals surface area contributed by atoms with Crippen LogP contribution in [0.2, 0.25) is 0 Å². The minimum atomic E-state index is -0.332. The first-order valence-corrected chi connectivity index (χ1v) is 7.82. The molecule has 0 amide bonds. The van der Waals surface area contributed by atoms with Crippen molar-refractivity contribution in [1.82, 2.24) is 0 Å². The quantitative estimate of drug-likeness (QED) is 0.686. The largest absolute Gasteiger partial charge is 0.392 e. The van der Waals surface area contributed by atoms with Crippen LogP contribution in [-0.4, -0.2) is 23.1 Å². The number of aliphatic hydroxyl groups is 1. The van der Waals surface area contributed by atoms with Crippen LogP contribution in [0.1, 0.15) is 37.7 Å². The van der Waals surface area contributed by atoms with Crippen LogP contribution in [0.4, 0.5) is 11.4 Å². The van der Waals surface area contributed by atoms with Gasteiger partial charge in [0.05, 0.1) is 11.5 Å². The van der Waals surface area contributed by atoms with E-state index in [0.29, 0.717) is 17.2 Å². The predicted octanol–water partition coefficient (Wildman–Crippen LogP) is 3.10. The van der Waals surface area contributed by atoms with Crippen LogP contribution in [0.5, 0.6) is 0 Å². The van der Waals surface area contributed by atoms with Gasteiger partial charge in [-0.3, -0.25) is 10.1 Å². The van der Waals surface area contributed by atoms with Gasteiger partial charge in [0, 0.05) is 19.2 Å². The Balaban J connectivity index is 1.84. The Hall–Kier alpha value is -1.62. The zero-order chi connectivity index (χ0) is 14.8. The van der Waals surface area contributed by atoms with Gasteiger partial charge in [0.25, 0.3) is 5.69 Å². The minimum absolute atomic E-state index is 0.121. The molecule has 1 aromatic rings. The number of nitro groups is 1. The third-order valence-electron chi connectivity index (χ3n) is 5.05. The van der Waals surface area contributed by atoms with Crippen LogP contribution < -0.4 is 4.90 Å². The van der Waals surface area contributed by atoms with Crippen LogP contribution in [0.15, 0.2) is 18.2 Å². The molecule has 1 saturated carbocycles. The predicted molar refractivity (Wildman–Crippen MR) is 81.3 cm³/mol. The van der Waals surface area contributed by atoms with Crippen LogP contribution in [0, 0.1) is 22.0 Å². The van der Waals surface area contributed by atoms with E-state index in [1.54, 1.807) is 12.1 Å². The van der Waals surface area contributed by atoms with Gasteiger partial charge in [0.2, 0.25) is 0 Å². The van der Waals surface area contributed by atoms with Crippen molar-refractivity contribution >= 4 is 11.4 Å². The highest BCUT2D eigenvalue weighted by Crippen LogP contribution is 2.39. The number of nitrogens with zero attached hydrogens (tertiary/aromatic N) is 2. The lowest BCUT2D eigenvalue weighted by molar-refractivity contribution is -0.384. The number of nitro benzene ring substituents is 1. The molecule has 2 atom stereocenters. The molecule has 21 heavy (non-hydrogen) atoms. The fourth-order valence-electron chi connectivity index (χ4n) is 3.90. The first-order valence-electron chi connectivity index (χ1n) is 7.82. The molecular weight excluding hydrogens is 268 g/mol. The highest BCUT2D eigenvalue weighted by molar-refractivity contribution is 5.64. The second-order valence-electron chi connectivity index (χ2n) is 6.28. The lowest BCUT2D eigenvalue weighted by Gasteiger charge is -2.42. The molecule has 0 spiro atoms. The monoisotopic (exact) mass is 290 g/mol. The molecule has 0 radical (unpaired) electrons. The van der Waals surface area contributed by atoms with Gasteiger partial charge in [0.1, 0.15) is 5.69 Å². The summed E-state index contributed by atoms with van der Waals surface area (Å²) in [7, 11) is 0. The van der Waals surface area contributed by atoms with Crippen molar-refractivity contribution in [3.63, 3.8) is 0 Å². The molecule has 0 aromatic heterocycles. The van der Waals surface area contributed by atoms with Crippen molar-refractivity contribution in [2.24, 2.45) is 11.8 Å². The molecule has 0 bridgehead atoms. The maximum atomic E-state index is 11.3. The summed E-state index contributed by atoms with van der Waals surface area (Å²) in [6, 6.07) is 5.09. The molecule has 1 aliphatic carbocycles. The molecule has 3 rings (SSSR count). The van der Waals surface area contributed by atoms with E-state index in [-0.39, 0.29) is 17.2 Å². The van der Waals surface area contributed by atoms with Gasteiger partial charge in [0.15, 0.2) is 0 Å². The first-order chi connectivity index (χ1) is 10.2.